The first-order valence-corrected chi connectivity index (χ1v) is 5.68. The van der Waals surface area contributed by atoms with Crippen LogP contribution < -0.4 is 5.32 Å². The van der Waals surface area contributed by atoms with E-state index in [-0.39, 0.29) is 10.9 Å². The van der Waals surface area contributed by atoms with Crippen molar-refractivity contribution in [3.8, 4) is 0 Å². The predicted molar refractivity (Wildman–Crippen MR) is 64.3 cm³/mol. The zero-order valence-corrected chi connectivity index (χ0v) is 10.1. The summed E-state index contributed by atoms with van der Waals surface area (Å²) in [6.45, 7) is 2.79. The molecule has 2 rings (SSSR count). The van der Waals surface area contributed by atoms with E-state index in [4.69, 9.17) is 11.6 Å². The molecule has 0 aromatic rings. The van der Waals surface area contributed by atoms with Crippen LogP contribution in [0.3, 0.4) is 0 Å². The molecule has 0 saturated carbocycles. The van der Waals surface area contributed by atoms with Crippen LogP contribution in [-0.4, -0.2) is 18.5 Å². The largest absolute Gasteiger partial charge is 0.386 e. The van der Waals surface area contributed by atoms with E-state index in [9.17, 15) is 4.39 Å². The Labute approximate surface area is 99.8 Å². The Morgan fingerprint density at radius 1 is 1.56 bits per heavy atom. The summed E-state index contributed by atoms with van der Waals surface area (Å²) in [4.78, 5) is 1.85. The molecule has 2 heterocycles. The van der Waals surface area contributed by atoms with Crippen LogP contribution in [0.1, 0.15) is 13.3 Å². The van der Waals surface area contributed by atoms with E-state index in [1.54, 1.807) is 6.08 Å². The van der Waals surface area contributed by atoms with Crippen molar-refractivity contribution in [2.75, 3.05) is 13.6 Å². The van der Waals surface area contributed by atoms with Crippen LogP contribution in [0, 0.1) is 0 Å². The van der Waals surface area contributed by atoms with Crippen molar-refractivity contribution >= 4 is 11.6 Å². The number of nitrogens with zero attached hydrogens (tertiary/aromatic N) is 1. The number of halogens is 2. The van der Waals surface area contributed by atoms with E-state index in [1.165, 1.54) is 11.8 Å². The smallest absolute Gasteiger partial charge is 0.158 e. The highest BCUT2D eigenvalue weighted by atomic mass is 35.5. The van der Waals surface area contributed by atoms with Gasteiger partial charge in [-0.25, -0.2) is 4.39 Å². The minimum atomic E-state index is -0.380. The summed E-state index contributed by atoms with van der Waals surface area (Å²) in [6.07, 6.45) is 6.17. The topological polar surface area (TPSA) is 15.3 Å². The normalized spacial score (nSPS) is 20.0. The first kappa shape index (κ1) is 11.3. The van der Waals surface area contributed by atoms with Gasteiger partial charge in [-0.1, -0.05) is 24.6 Å². The summed E-state index contributed by atoms with van der Waals surface area (Å²) in [5, 5.41) is 3.32. The fourth-order valence-corrected chi connectivity index (χ4v) is 2.14. The van der Waals surface area contributed by atoms with Gasteiger partial charge in [-0.2, -0.15) is 0 Å². The Bertz CT molecular complexity index is 432. The average molecular weight is 241 g/mol. The first-order valence-electron chi connectivity index (χ1n) is 5.30. The maximum Gasteiger partial charge on any atom is 0.158 e. The second kappa shape index (κ2) is 4.34. The van der Waals surface area contributed by atoms with E-state index < -0.39 is 0 Å². The molecule has 0 unspecified atom stereocenters. The Morgan fingerprint density at radius 2 is 2.31 bits per heavy atom. The summed E-state index contributed by atoms with van der Waals surface area (Å²) >= 11 is 5.81. The average Bonchev–Trinajstić information content (AvgIpc) is 2.29. The van der Waals surface area contributed by atoms with E-state index >= 15 is 0 Å². The SMILES string of the molecule is CCC1=CCN2C=C(F)C(Cl)=CC2=C1NC. The molecule has 0 atom stereocenters. The molecule has 0 aromatic heterocycles. The van der Waals surface area contributed by atoms with Gasteiger partial charge in [0.2, 0.25) is 0 Å². The molecule has 0 fully saturated rings. The summed E-state index contributed by atoms with van der Waals surface area (Å²) in [5.41, 5.74) is 3.20. The number of likely N-dealkylation sites (N-methyl/N-ethyl adjacent to an activating group) is 1. The predicted octanol–water partition coefficient (Wildman–Crippen LogP) is 3.02. The van der Waals surface area contributed by atoms with Gasteiger partial charge >= 0.3 is 0 Å². The van der Waals surface area contributed by atoms with E-state index in [2.05, 4.69) is 18.3 Å². The monoisotopic (exact) mass is 240 g/mol. The standard InChI is InChI=1S/C12H14ClFN2/c1-3-8-4-5-16-7-10(14)9(13)6-11(16)12(8)15-2/h4,6-7,15H,3,5H2,1-2H3. The molecule has 0 aromatic carbocycles. The Kier molecular flexibility index (Phi) is 3.06. The lowest BCUT2D eigenvalue weighted by Gasteiger charge is -2.31. The summed E-state index contributed by atoms with van der Waals surface area (Å²) in [5.74, 6) is -0.380. The van der Waals surface area contributed by atoms with Crippen molar-refractivity contribution in [3.05, 3.63) is 46.2 Å². The van der Waals surface area contributed by atoms with Crippen LogP contribution in [0.4, 0.5) is 4.39 Å². The minimum Gasteiger partial charge on any atom is -0.386 e. The lowest BCUT2D eigenvalue weighted by atomic mass is 10.0. The van der Waals surface area contributed by atoms with E-state index in [0.29, 0.717) is 6.54 Å². The van der Waals surface area contributed by atoms with Crippen molar-refractivity contribution in [2.24, 2.45) is 0 Å². The molecule has 4 heteroatoms. The highest BCUT2D eigenvalue weighted by molar-refractivity contribution is 6.32. The van der Waals surface area contributed by atoms with E-state index in [1.807, 2.05) is 11.9 Å². The van der Waals surface area contributed by atoms with Crippen LogP contribution in [-0.2, 0) is 0 Å². The van der Waals surface area contributed by atoms with Crippen molar-refractivity contribution in [1.82, 2.24) is 10.2 Å². The molecular weight excluding hydrogens is 227 g/mol. The molecule has 0 radical (unpaired) electrons. The van der Waals surface area contributed by atoms with Crippen LogP contribution >= 0.6 is 11.6 Å². The van der Waals surface area contributed by atoms with Crippen molar-refractivity contribution in [2.45, 2.75) is 13.3 Å². The minimum absolute atomic E-state index is 0.163. The molecule has 0 bridgehead atoms. The molecule has 0 saturated heterocycles. The van der Waals surface area contributed by atoms with Crippen LogP contribution in [0.15, 0.2) is 46.2 Å². The zero-order valence-electron chi connectivity index (χ0n) is 9.35. The second-order valence-electron chi connectivity index (χ2n) is 3.71. The van der Waals surface area contributed by atoms with E-state index in [0.717, 1.165) is 17.8 Å². The molecule has 16 heavy (non-hydrogen) atoms. The Balaban J connectivity index is 2.47. The van der Waals surface area contributed by atoms with Crippen molar-refractivity contribution in [3.63, 3.8) is 0 Å². The molecule has 0 aliphatic carbocycles. The summed E-state index contributed by atoms with van der Waals surface area (Å²) < 4.78 is 13.3. The molecule has 1 N–H and O–H groups in total. The third-order valence-corrected chi connectivity index (χ3v) is 3.10. The van der Waals surface area contributed by atoms with Gasteiger partial charge in [0.1, 0.15) is 0 Å². The molecule has 2 aliphatic rings. The molecular formula is C12H14ClFN2. The fourth-order valence-electron chi connectivity index (χ4n) is 1.99. The third-order valence-electron chi connectivity index (χ3n) is 2.81. The lowest BCUT2D eigenvalue weighted by Crippen LogP contribution is -2.28. The van der Waals surface area contributed by atoms with Crippen LogP contribution in [0.5, 0.6) is 0 Å². The van der Waals surface area contributed by atoms with Gasteiger partial charge in [-0.05, 0) is 18.1 Å². The highest BCUT2D eigenvalue weighted by Crippen LogP contribution is 2.32. The number of nitrogens with one attached hydrogen (secondary N) is 1. The molecule has 86 valence electrons. The third kappa shape index (κ3) is 1.76. The molecule has 2 nitrogen and oxygen atoms in total. The number of hydrogen-bond acceptors (Lipinski definition) is 2. The maximum absolute atomic E-state index is 13.3. The molecule has 0 spiro atoms. The first-order chi connectivity index (χ1) is 7.67. The van der Waals surface area contributed by atoms with Crippen LogP contribution in [0.25, 0.3) is 0 Å². The Hall–Kier alpha value is -1.22. The Morgan fingerprint density at radius 3 is 2.94 bits per heavy atom. The van der Waals surface area contributed by atoms with Crippen LogP contribution in [0.2, 0.25) is 0 Å². The molecule has 0 amide bonds. The van der Waals surface area contributed by atoms with Gasteiger partial charge < -0.3 is 10.2 Å². The van der Waals surface area contributed by atoms with Crippen molar-refractivity contribution in [1.29, 1.82) is 0 Å². The van der Waals surface area contributed by atoms with Gasteiger partial charge in [0, 0.05) is 19.8 Å². The van der Waals surface area contributed by atoms with Crippen molar-refractivity contribution < 1.29 is 4.39 Å². The maximum atomic E-state index is 13.3. The zero-order chi connectivity index (χ0) is 11.7. The summed E-state index contributed by atoms with van der Waals surface area (Å²) in [7, 11) is 1.87. The van der Waals surface area contributed by atoms with Gasteiger partial charge in [0.15, 0.2) is 5.83 Å². The fraction of sp³-hybridized carbons (Fsp3) is 0.333. The lowest BCUT2D eigenvalue weighted by molar-refractivity contribution is 0.477. The quantitative estimate of drug-likeness (QED) is 0.798. The number of allylic oxidation sites excluding steroid dienone is 4. The van der Waals surface area contributed by atoms with Gasteiger partial charge in [-0.15, -0.1) is 0 Å². The number of fused-ring (bicyclic) bond motifs is 1. The van der Waals surface area contributed by atoms with Gasteiger partial charge in [0.25, 0.3) is 0 Å². The number of hydrogen-bond donors (Lipinski definition) is 1. The van der Waals surface area contributed by atoms with Gasteiger partial charge in [0.05, 0.1) is 16.4 Å². The highest BCUT2D eigenvalue weighted by Gasteiger charge is 2.22. The number of rotatable bonds is 2. The summed E-state index contributed by atoms with van der Waals surface area (Å²) in [6, 6.07) is 0. The van der Waals surface area contributed by atoms with Gasteiger partial charge in [-0.3, -0.25) is 0 Å². The molecule has 2 aliphatic heterocycles. The second-order valence-corrected chi connectivity index (χ2v) is 4.12.